The maximum Gasteiger partial charge on any atom is 0.271 e. The highest BCUT2D eigenvalue weighted by Gasteiger charge is 2.17. The number of nitrogens with zero attached hydrogens (tertiary/aromatic N) is 1. The Labute approximate surface area is 175 Å². The normalized spacial score (nSPS) is 11.2. The van der Waals surface area contributed by atoms with Crippen molar-refractivity contribution in [2.75, 3.05) is 28.4 Å². The van der Waals surface area contributed by atoms with E-state index in [9.17, 15) is 4.79 Å². The summed E-state index contributed by atoms with van der Waals surface area (Å²) in [6, 6.07) is 15.0. The number of amides is 1. The first-order valence-electron chi connectivity index (χ1n) is 9.23. The van der Waals surface area contributed by atoms with E-state index in [0.717, 1.165) is 22.1 Å². The van der Waals surface area contributed by atoms with Gasteiger partial charge in [-0.1, -0.05) is 18.2 Å². The summed E-state index contributed by atoms with van der Waals surface area (Å²) in [7, 11) is 6.14. The molecule has 0 aliphatic carbocycles. The van der Waals surface area contributed by atoms with Gasteiger partial charge >= 0.3 is 0 Å². The summed E-state index contributed by atoms with van der Waals surface area (Å²) in [6.07, 6.45) is 0. The lowest BCUT2D eigenvalue weighted by atomic mass is 10.0. The number of benzene rings is 3. The average molecular weight is 408 g/mol. The Bertz CT molecular complexity index is 1080. The lowest BCUT2D eigenvalue weighted by Gasteiger charge is -2.13. The molecule has 0 saturated carbocycles. The Morgan fingerprint density at radius 2 is 1.40 bits per heavy atom. The quantitative estimate of drug-likeness (QED) is 0.472. The van der Waals surface area contributed by atoms with E-state index in [1.54, 1.807) is 19.2 Å². The second-order valence-electron chi connectivity index (χ2n) is 6.48. The molecule has 3 aromatic rings. The van der Waals surface area contributed by atoms with Crippen molar-refractivity contribution < 1.29 is 23.7 Å². The zero-order valence-electron chi connectivity index (χ0n) is 17.6. The number of rotatable bonds is 7. The number of hydrogen-bond donors (Lipinski definition) is 1. The second kappa shape index (κ2) is 9.17. The Balaban J connectivity index is 1.83. The van der Waals surface area contributed by atoms with Crippen molar-refractivity contribution in [1.29, 1.82) is 0 Å². The van der Waals surface area contributed by atoms with Gasteiger partial charge < -0.3 is 18.9 Å². The van der Waals surface area contributed by atoms with E-state index in [1.165, 1.54) is 21.3 Å². The van der Waals surface area contributed by atoms with Crippen molar-refractivity contribution in [2.24, 2.45) is 5.10 Å². The highest BCUT2D eigenvalue weighted by Crippen LogP contribution is 2.38. The van der Waals surface area contributed by atoms with Crippen molar-refractivity contribution >= 4 is 22.4 Å². The summed E-state index contributed by atoms with van der Waals surface area (Å²) < 4.78 is 21.1. The van der Waals surface area contributed by atoms with E-state index in [-0.39, 0.29) is 5.91 Å². The standard InChI is InChI=1S/C23H24N2O5/c1-14(15-6-7-17-11-19(27-2)9-8-16(17)10-15)24-25-23(26)18-12-20(28-3)22(30-5)21(13-18)29-4/h6-13H,1-5H3,(H,25,26)/b24-14-. The molecular weight excluding hydrogens is 384 g/mol. The van der Waals surface area contributed by atoms with E-state index < -0.39 is 0 Å². The molecule has 1 amide bonds. The third-order valence-electron chi connectivity index (χ3n) is 4.72. The molecular formula is C23H24N2O5. The molecule has 3 aromatic carbocycles. The predicted octanol–water partition coefficient (Wildman–Crippen LogP) is 4.03. The van der Waals surface area contributed by atoms with E-state index in [4.69, 9.17) is 18.9 Å². The Morgan fingerprint density at radius 3 is 2.00 bits per heavy atom. The van der Waals surface area contributed by atoms with Gasteiger partial charge in [0.25, 0.3) is 5.91 Å². The van der Waals surface area contributed by atoms with Gasteiger partial charge in [-0.2, -0.15) is 5.10 Å². The smallest absolute Gasteiger partial charge is 0.271 e. The van der Waals surface area contributed by atoms with Gasteiger partial charge in [-0.3, -0.25) is 4.79 Å². The van der Waals surface area contributed by atoms with Crippen LogP contribution in [0.15, 0.2) is 53.6 Å². The monoisotopic (exact) mass is 408 g/mol. The lowest BCUT2D eigenvalue weighted by molar-refractivity contribution is 0.0954. The molecule has 7 heteroatoms. The molecule has 3 rings (SSSR count). The average Bonchev–Trinajstić information content (AvgIpc) is 2.80. The zero-order chi connectivity index (χ0) is 21.7. The van der Waals surface area contributed by atoms with E-state index in [2.05, 4.69) is 10.5 Å². The highest BCUT2D eigenvalue weighted by atomic mass is 16.5. The fourth-order valence-electron chi connectivity index (χ4n) is 3.05. The molecule has 0 bridgehead atoms. The minimum atomic E-state index is -0.390. The molecule has 0 aliphatic rings. The SMILES string of the molecule is COc1ccc2cc(/C(C)=N\NC(=O)c3cc(OC)c(OC)c(OC)c3)ccc2c1. The fourth-order valence-corrected chi connectivity index (χ4v) is 3.05. The van der Waals surface area contributed by atoms with Gasteiger partial charge in [0.15, 0.2) is 11.5 Å². The number of methoxy groups -OCH3 is 4. The summed E-state index contributed by atoms with van der Waals surface area (Å²) in [5, 5.41) is 6.36. The van der Waals surface area contributed by atoms with Crippen LogP contribution in [0.3, 0.4) is 0 Å². The van der Waals surface area contributed by atoms with Crippen molar-refractivity contribution in [3.05, 3.63) is 59.7 Å². The molecule has 0 aliphatic heterocycles. The summed E-state index contributed by atoms with van der Waals surface area (Å²) in [5.41, 5.74) is 4.50. The first kappa shape index (κ1) is 21.0. The van der Waals surface area contributed by atoms with Crippen LogP contribution in [0.4, 0.5) is 0 Å². The number of carbonyl (C=O) groups excluding carboxylic acids is 1. The summed E-state index contributed by atoms with van der Waals surface area (Å²) in [6.45, 7) is 1.83. The maximum absolute atomic E-state index is 12.6. The highest BCUT2D eigenvalue weighted by molar-refractivity contribution is 6.03. The minimum Gasteiger partial charge on any atom is -0.497 e. The number of hydrazone groups is 1. The van der Waals surface area contributed by atoms with Gasteiger partial charge in [0, 0.05) is 5.56 Å². The van der Waals surface area contributed by atoms with Crippen molar-refractivity contribution in [1.82, 2.24) is 5.43 Å². The van der Waals surface area contributed by atoms with Gasteiger partial charge in [0.2, 0.25) is 5.75 Å². The van der Waals surface area contributed by atoms with Crippen LogP contribution in [-0.4, -0.2) is 40.1 Å². The molecule has 7 nitrogen and oxygen atoms in total. The van der Waals surface area contributed by atoms with Gasteiger partial charge in [-0.05, 0) is 53.6 Å². The predicted molar refractivity (Wildman–Crippen MR) is 116 cm³/mol. The number of carbonyl (C=O) groups is 1. The molecule has 0 heterocycles. The molecule has 0 aromatic heterocycles. The van der Waals surface area contributed by atoms with Gasteiger partial charge in [-0.15, -0.1) is 0 Å². The van der Waals surface area contributed by atoms with Gasteiger partial charge in [-0.25, -0.2) is 5.43 Å². The molecule has 0 fully saturated rings. The van der Waals surface area contributed by atoms with E-state index in [1.807, 2.05) is 43.3 Å². The van der Waals surface area contributed by atoms with Crippen LogP contribution in [0, 0.1) is 0 Å². The van der Waals surface area contributed by atoms with Crippen LogP contribution in [-0.2, 0) is 0 Å². The molecule has 0 atom stereocenters. The molecule has 0 spiro atoms. The first-order valence-corrected chi connectivity index (χ1v) is 9.23. The summed E-state index contributed by atoms with van der Waals surface area (Å²) in [5.74, 6) is 1.63. The van der Waals surface area contributed by atoms with E-state index in [0.29, 0.717) is 28.5 Å². The van der Waals surface area contributed by atoms with Crippen LogP contribution in [0.2, 0.25) is 0 Å². The Kier molecular flexibility index (Phi) is 6.41. The molecule has 0 saturated heterocycles. The number of hydrogen-bond acceptors (Lipinski definition) is 6. The fraction of sp³-hybridized carbons (Fsp3) is 0.217. The third-order valence-corrected chi connectivity index (χ3v) is 4.72. The molecule has 30 heavy (non-hydrogen) atoms. The number of ether oxygens (including phenoxy) is 4. The Morgan fingerprint density at radius 1 is 0.767 bits per heavy atom. The topological polar surface area (TPSA) is 78.4 Å². The maximum atomic E-state index is 12.6. The van der Waals surface area contributed by atoms with Gasteiger partial charge in [0.1, 0.15) is 5.75 Å². The lowest BCUT2D eigenvalue weighted by Crippen LogP contribution is -2.19. The Hall–Kier alpha value is -3.74. The number of fused-ring (bicyclic) bond motifs is 1. The van der Waals surface area contributed by atoms with Crippen LogP contribution in [0.1, 0.15) is 22.8 Å². The third kappa shape index (κ3) is 4.30. The van der Waals surface area contributed by atoms with Crippen molar-refractivity contribution in [2.45, 2.75) is 6.92 Å². The largest absolute Gasteiger partial charge is 0.497 e. The summed E-state index contributed by atoms with van der Waals surface area (Å²) >= 11 is 0. The zero-order valence-corrected chi connectivity index (χ0v) is 17.6. The summed E-state index contributed by atoms with van der Waals surface area (Å²) in [4.78, 5) is 12.6. The van der Waals surface area contributed by atoms with Crippen LogP contribution >= 0.6 is 0 Å². The van der Waals surface area contributed by atoms with Crippen LogP contribution in [0.5, 0.6) is 23.0 Å². The van der Waals surface area contributed by atoms with E-state index >= 15 is 0 Å². The van der Waals surface area contributed by atoms with Crippen molar-refractivity contribution in [3.63, 3.8) is 0 Å². The van der Waals surface area contributed by atoms with Crippen molar-refractivity contribution in [3.8, 4) is 23.0 Å². The minimum absolute atomic E-state index is 0.339. The molecule has 1 N–H and O–H groups in total. The second-order valence-corrected chi connectivity index (χ2v) is 6.48. The van der Waals surface area contributed by atoms with Crippen LogP contribution < -0.4 is 24.4 Å². The molecule has 156 valence electrons. The molecule has 0 unspecified atom stereocenters. The number of nitrogens with one attached hydrogen (secondary N) is 1. The first-order chi connectivity index (χ1) is 14.5. The van der Waals surface area contributed by atoms with Gasteiger partial charge in [0.05, 0.1) is 34.2 Å². The molecule has 0 radical (unpaired) electrons. The van der Waals surface area contributed by atoms with Crippen LogP contribution in [0.25, 0.3) is 10.8 Å².